The summed E-state index contributed by atoms with van der Waals surface area (Å²) in [5, 5.41) is 6.18. The van der Waals surface area contributed by atoms with Crippen LogP contribution in [0.1, 0.15) is 47.7 Å². The molecule has 1 aromatic heterocycles. The maximum atomic E-state index is 12.0. The molecule has 2 aromatic rings. The van der Waals surface area contributed by atoms with E-state index in [4.69, 9.17) is 4.74 Å². The average Bonchev–Trinajstić information content (AvgIpc) is 2.75. The molecule has 1 saturated heterocycles. The number of piperidine rings is 1. The van der Waals surface area contributed by atoms with Gasteiger partial charge in [0, 0.05) is 39.0 Å². The Balaban J connectivity index is 1.56. The van der Waals surface area contributed by atoms with Crippen molar-refractivity contribution >= 4 is 11.7 Å². The highest BCUT2D eigenvalue weighted by molar-refractivity contribution is 5.94. The first-order valence-corrected chi connectivity index (χ1v) is 10.5. The molecule has 1 aromatic carbocycles. The van der Waals surface area contributed by atoms with Gasteiger partial charge in [0.05, 0.1) is 12.2 Å². The number of carbonyl (C=O) groups is 1. The zero-order valence-corrected chi connectivity index (χ0v) is 17.5. The van der Waals surface area contributed by atoms with E-state index in [0.29, 0.717) is 31.3 Å². The van der Waals surface area contributed by atoms with Crippen LogP contribution < -0.4 is 10.6 Å². The van der Waals surface area contributed by atoms with Gasteiger partial charge in [-0.1, -0.05) is 30.7 Å². The standard InChI is InChI=1S/C23H32N4O2/c1-18-7-5-6-13-27(18)17-21-9-4-3-8-19(21)15-25-22-11-10-20(16-26-22)23(28)24-12-14-29-2/h3-4,8-11,16,18H,5-7,12-15,17H2,1-2H3,(H,24,28)(H,25,26). The number of amides is 1. The van der Waals surface area contributed by atoms with Gasteiger partial charge in [-0.25, -0.2) is 4.98 Å². The molecule has 1 aliphatic heterocycles. The van der Waals surface area contributed by atoms with Crippen molar-refractivity contribution in [1.29, 1.82) is 0 Å². The SMILES string of the molecule is COCCNC(=O)c1ccc(NCc2ccccc2CN2CCCCC2C)nc1. The van der Waals surface area contributed by atoms with Crippen molar-refractivity contribution in [3.63, 3.8) is 0 Å². The van der Waals surface area contributed by atoms with Crippen LogP contribution in [-0.4, -0.2) is 48.6 Å². The Morgan fingerprint density at radius 1 is 1.21 bits per heavy atom. The Morgan fingerprint density at radius 2 is 2.03 bits per heavy atom. The number of ether oxygens (including phenoxy) is 1. The lowest BCUT2D eigenvalue weighted by molar-refractivity contribution is 0.0937. The largest absolute Gasteiger partial charge is 0.383 e. The highest BCUT2D eigenvalue weighted by Crippen LogP contribution is 2.21. The lowest BCUT2D eigenvalue weighted by atomic mass is 10.0. The molecular formula is C23H32N4O2. The molecule has 1 atom stereocenters. The number of benzene rings is 1. The molecule has 6 heteroatoms. The first kappa shape index (κ1) is 21.3. The van der Waals surface area contributed by atoms with Gasteiger partial charge in [-0.15, -0.1) is 0 Å². The number of rotatable bonds is 9. The van der Waals surface area contributed by atoms with Crippen LogP contribution in [-0.2, 0) is 17.8 Å². The normalized spacial score (nSPS) is 17.1. The van der Waals surface area contributed by atoms with Crippen molar-refractivity contribution < 1.29 is 9.53 Å². The van der Waals surface area contributed by atoms with Gasteiger partial charge < -0.3 is 15.4 Å². The molecule has 2 N–H and O–H groups in total. The Hall–Kier alpha value is -2.44. The van der Waals surface area contributed by atoms with E-state index >= 15 is 0 Å². The zero-order valence-electron chi connectivity index (χ0n) is 17.5. The number of methoxy groups -OCH3 is 1. The van der Waals surface area contributed by atoms with E-state index in [0.717, 1.165) is 12.4 Å². The summed E-state index contributed by atoms with van der Waals surface area (Å²) in [5.41, 5.74) is 3.20. The summed E-state index contributed by atoms with van der Waals surface area (Å²) in [6, 6.07) is 12.9. The highest BCUT2D eigenvalue weighted by Gasteiger charge is 2.19. The molecule has 1 unspecified atom stereocenters. The predicted octanol–water partition coefficient (Wildman–Crippen LogP) is 3.44. The number of anilines is 1. The smallest absolute Gasteiger partial charge is 0.252 e. The third-order valence-corrected chi connectivity index (χ3v) is 5.51. The van der Waals surface area contributed by atoms with Gasteiger partial charge in [0.1, 0.15) is 5.82 Å². The van der Waals surface area contributed by atoms with E-state index in [2.05, 4.69) is 51.7 Å². The minimum Gasteiger partial charge on any atom is -0.383 e. The van der Waals surface area contributed by atoms with Crippen LogP contribution in [0.4, 0.5) is 5.82 Å². The number of aromatic nitrogens is 1. The van der Waals surface area contributed by atoms with E-state index < -0.39 is 0 Å². The van der Waals surface area contributed by atoms with Crippen molar-refractivity contribution in [3.8, 4) is 0 Å². The zero-order chi connectivity index (χ0) is 20.5. The van der Waals surface area contributed by atoms with Crippen molar-refractivity contribution in [1.82, 2.24) is 15.2 Å². The minimum absolute atomic E-state index is 0.137. The number of nitrogens with one attached hydrogen (secondary N) is 2. The topological polar surface area (TPSA) is 66.5 Å². The summed E-state index contributed by atoms with van der Waals surface area (Å²) in [4.78, 5) is 19.0. The summed E-state index contributed by atoms with van der Waals surface area (Å²) in [6.07, 6.45) is 5.52. The van der Waals surface area contributed by atoms with Crippen LogP contribution in [0.25, 0.3) is 0 Å². The highest BCUT2D eigenvalue weighted by atomic mass is 16.5. The second kappa shape index (κ2) is 10.9. The molecule has 1 amide bonds. The van der Waals surface area contributed by atoms with Crippen molar-refractivity contribution in [2.75, 3.05) is 32.1 Å². The first-order valence-electron chi connectivity index (χ1n) is 10.5. The van der Waals surface area contributed by atoms with Crippen LogP contribution in [0.3, 0.4) is 0 Å². The second-order valence-electron chi connectivity index (χ2n) is 7.62. The lowest BCUT2D eigenvalue weighted by Crippen LogP contribution is -2.37. The quantitative estimate of drug-likeness (QED) is 0.636. The monoisotopic (exact) mass is 396 g/mol. The van der Waals surface area contributed by atoms with E-state index in [1.807, 2.05) is 6.07 Å². The van der Waals surface area contributed by atoms with Crippen LogP contribution in [0.5, 0.6) is 0 Å². The van der Waals surface area contributed by atoms with Gasteiger partial charge in [-0.2, -0.15) is 0 Å². The molecule has 0 saturated carbocycles. The summed E-state index contributed by atoms with van der Waals surface area (Å²) in [6.45, 7) is 6.20. The third-order valence-electron chi connectivity index (χ3n) is 5.51. The minimum atomic E-state index is -0.137. The Morgan fingerprint density at radius 3 is 2.76 bits per heavy atom. The van der Waals surface area contributed by atoms with Crippen molar-refractivity contribution in [3.05, 3.63) is 59.3 Å². The molecule has 6 nitrogen and oxygen atoms in total. The lowest BCUT2D eigenvalue weighted by Gasteiger charge is -2.33. The number of likely N-dealkylation sites (tertiary alicyclic amines) is 1. The third kappa shape index (κ3) is 6.27. The molecule has 0 aliphatic carbocycles. The van der Waals surface area contributed by atoms with Crippen molar-refractivity contribution in [2.24, 2.45) is 0 Å². The fourth-order valence-electron chi connectivity index (χ4n) is 3.68. The van der Waals surface area contributed by atoms with Crippen LogP contribution >= 0.6 is 0 Å². The van der Waals surface area contributed by atoms with Gasteiger partial charge in [0.15, 0.2) is 0 Å². The van der Waals surface area contributed by atoms with Crippen LogP contribution in [0, 0.1) is 0 Å². The molecular weight excluding hydrogens is 364 g/mol. The van der Waals surface area contributed by atoms with E-state index in [-0.39, 0.29) is 5.91 Å². The molecule has 1 aliphatic rings. The molecule has 0 spiro atoms. The number of nitrogens with zero attached hydrogens (tertiary/aromatic N) is 2. The summed E-state index contributed by atoms with van der Waals surface area (Å²) >= 11 is 0. The summed E-state index contributed by atoms with van der Waals surface area (Å²) in [5.74, 6) is 0.627. The van der Waals surface area contributed by atoms with Gasteiger partial charge in [-0.3, -0.25) is 9.69 Å². The number of hydrogen-bond acceptors (Lipinski definition) is 5. The van der Waals surface area contributed by atoms with E-state index in [1.54, 1.807) is 19.4 Å². The average molecular weight is 397 g/mol. The van der Waals surface area contributed by atoms with E-state index in [9.17, 15) is 4.79 Å². The molecule has 156 valence electrons. The molecule has 0 radical (unpaired) electrons. The Bertz CT molecular complexity index is 779. The fourth-order valence-corrected chi connectivity index (χ4v) is 3.68. The number of hydrogen-bond donors (Lipinski definition) is 2. The van der Waals surface area contributed by atoms with Gasteiger partial charge in [0.25, 0.3) is 5.91 Å². The number of carbonyl (C=O) groups excluding carboxylic acids is 1. The fraction of sp³-hybridized carbons (Fsp3) is 0.478. The molecule has 0 bridgehead atoms. The summed E-state index contributed by atoms with van der Waals surface area (Å²) in [7, 11) is 1.61. The second-order valence-corrected chi connectivity index (χ2v) is 7.62. The summed E-state index contributed by atoms with van der Waals surface area (Å²) < 4.78 is 4.94. The van der Waals surface area contributed by atoms with Crippen molar-refractivity contribution in [2.45, 2.75) is 45.3 Å². The van der Waals surface area contributed by atoms with Gasteiger partial charge in [-0.05, 0) is 49.6 Å². The van der Waals surface area contributed by atoms with E-state index in [1.165, 1.54) is 36.9 Å². The molecule has 3 rings (SSSR count). The molecule has 1 fully saturated rings. The van der Waals surface area contributed by atoms with Crippen LogP contribution in [0.15, 0.2) is 42.6 Å². The molecule has 2 heterocycles. The predicted molar refractivity (Wildman–Crippen MR) is 116 cm³/mol. The first-order chi connectivity index (χ1) is 14.2. The van der Waals surface area contributed by atoms with Gasteiger partial charge >= 0.3 is 0 Å². The Kier molecular flexibility index (Phi) is 8.02. The Labute approximate surface area is 173 Å². The maximum Gasteiger partial charge on any atom is 0.252 e. The van der Waals surface area contributed by atoms with Gasteiger partial charge in [0.2, 0.25) is 0 Å². The molecule has 29 heavy (non-hydrogen) atoms. The van der Waals surface area contributed by atoms with Crippen LogP contribution in [0.2, 0.25) is 0 Å². The number of pyridine rings is 1. The maximum absolute atomic E-state index is 12.0.